The van der Waals surface area contributed by atoms with E-state index in [0.29, 0.717) is 37.4 Å². The number of carbonyl (C=O) groups excluding carboxylic acids is 1. The molecule has 148 valence electrons. The second-order valence-corrected chi connectivity index (χ2v) is 7.76. The van der Waals surface area contributed by atoms with Crippen molar-refractivity contribution in [1.82, 2.24) is 15.3 Å². The molecule has 0 spiro atoms. The number of amides is 1. The lowest BCUT2D eigenvalue weighted by Crippen LogP contribution is -2.46. The van der Waals surface area contributed by atoms with Crippen LogP contribution >= 0.6 is 0 Å². The Morgan fingerprint density at radius 1 is 1.29 bits per heavy atom. The van der Waals surface area contributed by atoms with Crippen LogP contribution in [0.5, 0.6) is 5.88 Å². The highest BCUT2D eigenvalue weighted by molar-refractivity contribution is 5.73. The number of hydrogen-bond donors (Lipinski definition) is 1. The largest absolute Gasteiger partial charge is 0.475 e. The van der Waals surface area contributed by atoms with Crippen molar-refractivity contribution in [2.75, 3.05) is 24.6 Å². The van der Waals surface area contributed by atoms with Crippen LogP contribution in [0.1, 0.15) is 49.8 Å². The number of ether oxygens (including phenoxy) is 1. The molecule has 0 bridgehead atoms. The summed E-state index contributed by atoms with van der Waals surface area (Å²) in [6.45, 7) is 5.41. The van der Waals surface area contributed by atoms with Gasteiger partial charge >= 0.3 is 0 Å². The first-order valence-electron chi connectivity index (χ1n) is 9.76. The maximum Gasteiger partial charge on any atom is 0.255 e. The van der Waals surface area contributed by atoms with Crippen LogP contribution in [0.2, 0.25) is 0 Å². The van der Waals surface area contributed by atoms with E-state index in [1.807, 2.05) is 24.0 Å². The van der Waals surface area contributed by atoms with E-state index in [4.69, 9.17) is 4.74 Å². The average Bonchev–Trinajstić information content (AvgIpc) is 3.45. The van der Waals surface area contributed by atoms with E-state index in [0.717, 1.165) is 18.4 Å². The molecule has 0 radical (unpaired) electrons. The molecule has 7 heteroatoms. The van der Waals surface area contributed by atoms with Gasteiger partial charge in [-0.25, -0.2) is 4.98 Å². The molecule has 1 aromatic carbocycles. The minimum atomic E-state index is -0.471. The molecule has 1 aromatic heterocycles. The smallest absolute Gasteiger partial charge is 0.255 e. The number of anilines is 1. The molecule has 1 saturated heterocycles. The quantitative estimate of drug-likeness (QED) is 0.794. The van der Waals surface area contributed by atoms with E-state index >= 15 is 0 Å². The molecule has 2 aromatic rings. The van der Waals surface area contributed by atoms with Crippen LogP contribution in [0.3, 0.4) is 0 Å². The molecule has 1 amide bonds. The van der Waals surface area contributed by atoms with Crippen LogP contribution in [-0.2, 0) is 4.79 Å². The minimum Gasteiger partial charge on any atom is -0.475 e. The van der Waals surface area contributed by atoms with Crippen molar-refractivity contribution in [3.05, 3.63) is 47.5 Å². The standard InChI is InChI=1S/C21H25FN4O2/c1-13(25-14(2)27)16-5-7-17(8-6-16)18-9-26(10-18)20-19(22)21(24-12-23-20)28-11-15-3-4-15/h5-8,12-13,15,18H,3-4,9-11H2,1-2H3,(H,25,27). The second-order valence-electron chi connectivity index (χ2n) is 7.76. The summed E-state index contributed by atoms with van der Waals surface area (Å²) < 4.78 is 20.2. The third kappa shape index (κ3) is 4.08. The number of hydrogen-bond acceptors (Lipinski definition) is 5. The summed E-state index contributed by atoms with van der Waals surface area (Å²) in [7, 11) is 0. The van der Waals surface area contributed by atoms with E-state index in [2.05, 4.69) is 27.4 Å². The molecule has 28 heavy (non-hydrogen) atoms. The molecule has 1 atom stereocenters. The number of aromatic nitrogens is 2. The van der Waals surface area contributed by atoms with Gasteiger partial charge < -0.3 is 15.0 Å². The van der Waals surface area contributed by atoms with E-state index in [1.165, 1.54) is 18.8 Å². The molecule has 4 rings (SSSR count). The lowest BCUT2D eigenvalue weighted by molar-refractivity contribution is -0.119. The van der Waals surface area contributed by atoms with Crippen molar-refractivity contribution < 1.29 is 13.9 Å². The average molecular weight is 384 g/mol. The highest BCUT2D eigenvalue weighted by atomic mass is 19.1. The van der Waals surface area contributed by atoms with Gasteiger partial charge in [0.2, 0.25) is 11.7 Å². The van der Waals surface area contributed by atoms with Crippen molar-refractivity contribution in [3.63, 3.8) is 0 Å². The van der Waals surface area contributed by atoms with E-state index in [-0.39, 0.29) is 17.8 Å². The first-order valence-corrected chi connectivity index (χ1v) is 9.76. The van der Waals surface area contributed by atoms with Gasteiger partial charge in [-0.1, -0.05) is 24.3 Å². The van der Waals surface area contributed by atoms with Crippen LogP contribution in [0, 0.1) is 11.7 Å². The summed E-state index contributed by atoms with van der Waals surface area (Å²) >= 11 is 0. The van der Waals surface area contributed by atoms with Crippen LogP contribution in [0.4, 0.5) is 10.2 Å². The second kappa shape index (κ2) is 7.73. The molecule has 1 unspecified atom stereocenters. The first-order chi connectivity index (χ1) is 13.5. The highest BCUT2D eigenvalue weighted by Crippen LogP contribution is 2.35. The zero-order valence-electron chi connectivity index (χ0n) is 16.2. The van der Waals surface area contributed by atoms with Gasteiger partial charge in [0.15, 0.2) is 5.82 Å². The van der Waals surface area contributed by atoms with Crippen LogP contribution in [0.25, 0.3) is 0 Å². The SMILES string of the molecule is CC(=O)NC(C)c1ccc(C2CN(c3ncnc(OCC4CC4)c3F)C2)cc1. The maximum absolute atomic E-state index is 14.7. The van der Waals surface area contributed by atoms with Gasteiger partial charge in [0.25, 0.3) is 5.88 Å². The Morgan fingerprint density at radius 3 is 2.64 bits per heavy atom. The summed E-state index contributed by atoms with van der Waals surface area (Å²) in [5.41, 5.74) is 2.27. The van der Waals surface area contributed by atoms with Gasteiger partial charge in [-0.05, 0) is 36.8 Å². The van der Waals surface area contributed by atoms with E-state index in [9.17, 15) is 9.18 Å². The number of carbonyl (C=O) groups is 1. The summed E-state index contributed by atoms with van der Waals surface area (Å²) in [6, 6.07) is 8.21. The van der Waals surface area contributed by atoms with Gasteiger partial charge in [0.05, 0.1) is 12.6 Å². The molecule has 2 aliphatic rings. The fraction of sp³-hybridized carbons (Fsp3) is 0.476. The van der Waals surface area contributed by atoms with Gasteiger partial charge in [-0.3, -0.25) is 4.79 Å². The Balaban J connectivity index is 1.36. The molecule has 6 nitrogen and oxygen atoms in total. The Bertz CT molecular complexity index is 848. The molecular formula is C21H25FN4O2. The Hall–Kier alpha value is -2.70. The number of nitrogens with zero attached hydrogens (tertiary/aromatic N) is 3. The van der Waals surface area contributed by atoms with Crippen molar-refractivity contribution in [2.45, 2.75) is 38.6 Å². The van der Waals surface area contributed by atoms with Crippen molar-refractivity contribution in [3.8, 4) is 5.88 Å². The number of nitrogens with one attached hydrogen (secondary N) is 1. The molecule has 1 saturated carbocycles. The Labute approximate surface area is 164 Å². The maximum atomic E-state index is 14.7. The first kappa shape index (κ1) is 18.7. The van der Waals surface area contributed by atoms with Crippen molar-refractivity contribution in [1.29, 1.82) is 0 Å². The third-order valence-electron chi connectivity index (χ3n) is 5.40. The monoisotopic (exact) mass is 384 g/mol. The number of rotatable bonds is 7. The topological polar surface area (TPSA) is 67.4 Å². The van der Waals surface area contributed by atoms with Gasteiger partial charge in [0.1, 0.15) is 6.33 Å². The highest BCUT2D eigenvalue weighted by Gasteiger charge is 2.32. The Morgan fingerprint density at radius 2 is 2.00 bits per heavy atom. The predicted molar refractivity (Wildman–Crippen MR) is 104 cm³/mol. The summed E-state index contributed by atoms with van der Waals surface area (Å²) in [4.78, 5) is 21.2. The van der Waals surface area contributed by atoms with Gasteiger partial charge in [-0.2, -0.15) is 9.37 Å². The van der Waals surface area contributed by atoms with Gasteiger partial charge in [-0.15, -0.1) is 0 Å². The molecule has 1 aliphatic carbocycles. The molecular weight excluding hydrogens is 359 g/mol. The normalized spacial score (nSPS) is 17.8. The minimum absolute atomic E-state index is 0.0198. The zero-order chi connectivity index (χ0) is 19.7. The molecule has 1 N–H and O–H groups in total. The molecule has 2 heterocycles. The van der Waals surface area contributed by atoms with Crippen molar-refractivity contribution >= 4 is 11.7 Å². The van der Waals surface area contributed by atoms with E-state index < -0.39 is 5.82 Å². The molecule has 1 aliphatic heterocycles. The van der Waals surface area contributed by atoms with Crippen LogP contribution in [0.15, 0.2) is 30.6 Å². The number of halogens is 1. The fourth-order valence-electron chi connectivity index (χ4n) is 3.45. The van der Waals surface area contributed by atoms with Crippen molar-refractivity contribution in [2.24, 2.45) is 5.92 Å². The lowest BCUT2D eigenvalue weighted by atomic mass is 9.90. The van der Waals surface area contributed by atoms with Crippen LogP contribution < -0.4 is 15.0 Å². The molecule has 2 fully saturated rings. The lowest BCUT2D eigenvalue weighted by Gasteiger charge is -2.40. The predicted octanol–water partition coefficient (Wildman–Crippen LogP) is 3.21. The van der Waals surface area contributed by atoms with Gasteiger partial charge in [0, 0.05) is 25.9 Å². The summed E-state index contributed by atoms with van der Waals surface area (Å²) in [5.74, 6) is 0.724. The summed E-state index contributed by atoms with van der Waals surface area (Å²) in [6.07, 6.45) is 3.66. The van der Waals surface area contributed by atoms with E-state index in [1.54, 1.807) is 0 Å². The fourth-order valence-corrected chi connectivity index (χ4v) is 3.45. The number of benzene rings is 1. The third-order valence-corrected chi connectivity index (χ3v) is 5.40. The summed E-state index contributed by atoms with van der Waals surface area (Å²) in [5, 5.41) is 2.88. The van der Waals surface area contributed by atoms with Crippen LogP contribution in [-0.4, -0.2) is 35.6 Å². The zero-order valence-corrected chi connectivity index (χ0v) is 16.2. The Kier molecular flexibility index (Phi) is 5.15.